The quantitative estimate of drug-likeness (QED) is 0.764. The Labute approximate surface area is 89.1 Å². The highest BCUT2D eigenvalue weighted by Gasteiger charge is 2.33. The molecule has 1 aliphatic carbocycles. The number of nitrogens with one attached hydrogen (secondary N) is 1. The number of ether oxygens (including phenoxy) is 1. The van der Waals surface area contributed by atoms with Crippen molar-refractivity contribution in [2.75, 3.05) is 5.32 Å². The van der Waals surface area contributed by atoms with Crippen LogP contribution in [-0.2, 0) is 0 Å². The summed E-state index contributed by atoms with van der Waals surface area (Å²) < 4.78 is 5.46. The van der Waals surface area contributed by atoms with Crippen molar-refractivity contribution < 1.29 is 4.74 Å². The number of rotatable bonds is 4. The van der Waals surface area contributed by atoms with Crippen molar-refractivity contribution in [3.63, 3.8) is 0 Å². The van der Waals surface area contributed by atoms with E-state index in [4.69, 9.17) is 10.5 Å². The summed E-state index contributed by atoms with van der Waals surface area (Å²) in [6.07, 6.45) is 2.62. The molecule has 5 heteroatoms. The van der Waals surface area contributed by atoms with Crippen molar-refractivity contribution in [3.8, 4) is 5.88 Å². The lowest BCUT2D eigenvalue weighted by Crippen LogP contribution is -2.14. The zero-order valence-electron chi connectivity index (χ0n) is 8.97. The molecule has 0 spiro atoms. The monoisotopic (exact) mass is 208 g/mol. The average Bonchev–Trinajstić information content (AvgIpc) is 2.81. The van der Waals surface area contributed by atoms with Crippen LogP contribution >= 0.6 is 0 Å². The fraction of sp³-hybridized carbons (Fsp3) is 0.600. The Balaban J connectivity index is 1.99. The van der Waals surface area contributed by atoms with Gasteiger partial charge in [-0.25, -0.2) is 9.97 Å². The maximum absolute atomic E-state index is 5.70. The second-order valence-electron chi connectivity index (χ2n) is 4.06. The Kier molecular flexibility index (Phi) is 2.73. The van der Waals surface area contributed by atoms with Gasteiger partial charge in [-0.15, -0.1) is 0 Å². The number of anilines is 1. The van der Waals surface area contributed by atoms with Crippen LogP contribution in [0.3, 0.4) is 0 Å². The molecule has 5 nitrogen and oxygen atoms in total. The molecule has 1 aliphatic rings. The third-order valence-electron chi connectivity index (χ3n) is 2.17. The summed E-state index contributed by atoms with van der Waals surface area (Å²) in [5.74, 6) is 1.37. The molecule has 2 rings (SSSR count). The van der Waals surface area contributed by atoms with Gasteiger partial charge in [0.1, 0.15) is 12.1 Å². The Morgan fingerprint density at radius 1 is 1.53 bits per heavy atom. The lowest BCUT2D eigenvalue weighted by Gasteiger charge is -2.09. The number of hydrogen-bond donors (Lipinski definition) is 2. The van der Waals surface area contributed by atoms with Crippen molar-refractivity contribution in [2.24, 2.45) is 5.73 Å². The Morgan fingerprint density at radius 2 is 2.27 bits per heavy atom. The van der Waals surface area contributed by atoms with Crippen LogP contribution in [0.2, 0.25) is 0 Å². The molecule has 2 atom stereocenters. The molecule has 1 aromatic rings. The topological polar surface area (TPSA) is 73.1 Å². The summed E-state index contributed by atoms with van der Waals surface area (Å²) in [6.45, 7) is 3.93. The van der Waals surface area contributed by atoms with E-state index >= 15 is 0 Å². The summed E-state index contributed by atoms with van der Waals surface area (Å²) in [7, 11) is 0. The predicted octanol–water partition coefficient (Wildman–Crippen LogP) is 0.775. The molecule has 0 aromatic carbocycles. The molecular weight excluding hydrogens is 192 g/mol. The van der Waals surface area contributed by atoms with Gasteiger partial charge in [0.2, 0.25) is 5.88 Å². The van der Waals surface area contributed by atoms with Crippen LogP contribution < -0.4 is 15.8 Å². The molecular formula is C10H16N4O. The Bertz CT molecular complexity index is 342. The van der Waals surface area contributed by atoms with E-state index in [1.54, 1.807) is 6.07 Å². The highest BCUT2D eigenvalue weighted by atomic mass is 16.5. The zero-order chi connectivity index (χ0) is 10.8. The highest BCUT2D eigenvalue weighted by molar-refractivity contribution is 5.40. The van der Waals surface area contributed by atoms with Crippen molar-refractivity contribution in [2.45, 2.75) is 38.5 Å². The van der Waals surface area contributed by atoms with E-state index in [9.17, 15) is 0 Å². The minimum Gasteiger partial charge on any atom is -0.475 e. The van der Waals surface area contributed by atoms with E-state index in [0.29, 0.717) is 11.9 Å². The summed E-state index contributed by atoms with van der Waals surface area (Å²) in [5, 5.41) is 3.22. The van der Waals surface area contributed by atoms with Crippen molar-refractivity contribution in [3.05, 3.63) is 12.4 Å². The molecule has 15 heavy (non-hydrogen) atoms. The van der Waals surface area contributed by atoms with E-state index < -0.39 is 0 Å². The first-order valence-corrected chi connectivity index (χ1v) is 5.16. The van der Waals surface area contributed by atoms with Crippen LogP contribution in [0, 0.1) is 0 Å². The van der Waals surface area contributed by atoms with Crippen LogP contribution in [0.1, 0.15) is 20.3 Å². The summed E-state index contributed by atoms with van der Waals surface area (Å²) in [6, 6.07) is 2.41. The Hall–Kier alpha value is -1.36. The first kappa shape index (κ1) is 10.2. The smallest absolute Gasteiger partial charge is 0.218 e. The fourth-order valence-corrected chi connectivity index (χ4v) is 1.29. The van der Waals surface area contributed by atoms with Gasteiger partial charge in [0.25, 0.3) is 0 Å². The summed E-state index contributed by atoms with van der Waals surface area (Å²) in [4.78, 5) is 8.13. The minimum atomic E-state index is 0.121. The summed E-state index contributed by atoms with van der Waals surface area (Å²) >= 11 is 0. The molecule has 0 bridgehead atoms. The van der Waals surface area contributed by atoms with Gasteiger partial charge in [0, 0.05) is 18.2 Å². The molecule has 82 valence electrons. The third-order valence-corrected chi connectivity index (χ3v) is 2.17. The van der Waals surface area contributed by atoms with Gasteiger partial charge in [-0.3, -0.25) is 0 Å². The normalized spacial score (nSPS) is 24.0. The predicted molar refractivity (Wildman–Crippen MR) is 57.8 cm³/mol. The first-order valence-electron chi connectivity index (χ1n) is 5.16. The third kappa shape index (κ3) is 2.79. The standard InChI is InChI=1S/C10H16N4O/c1-6(2)15-10-4-9(12-5-13-10)14-8-3-7(8)11/h4-8H,3,11H2,1-2H3,(H,12,13,14). The molecule has 0 aliphatic heterocycles. The second-order valence-corrected chi connectivity index (χ2v) is 4.06. The van der Waals surface area contributed by atoms with Gasteiger partial charge in [0.15, 0.2) is 0 Å². The lowest BCUT2D eigenvalue weighted by molar-refractivity contribution is 0.232. The molecule has 0 amide bonds. The SMILES string of the molecule is CC(C)Oc1cc(NC2CC2N)ncn1. The maximum atomic E-state index is 5.70. The highest BCUT2D eigenvalue weighted by Crippen LogP contribution is 2.23. The van der Waals surface area contributed by atoms with Gasteiger partial charge < -0.3 is 15.8 Å². The molecule has 0 radical (unpaired) electrons. The van der Waals surface area contributed by atoms with E-state index in [1.165, 1.54) is 6.33 Å². The van der Waals surface area contributed by atoms with Crippen LogP contribution in [0.4, 0.5) is 5.82 Å². The number of aromatic nitrogens is 2. The van der Waals surface area contributed by atoms with Crippen molar-refractivity contribution in [1.82, 2.24) is 9.97 Å². The maximum Gasteiger partial charge on any atom is 0.218 e. The van der Waals surface area contributed by atoms with Crippen LogP contribution in [0.15, 0.2) is 12.4 Å². The molecule has 1 heterocycles. The van der Waals surface area contributed by atoms with Crippen molar-refractivity contribution >= 4 is 5.82 Å². The first-order chi connectivity index (χ1) is 7.15. The zero-order valence-corrected chi connectivity index (χ0v) is 8.97. The van der Waals surface area contributed by atoms with E-state index in [2.05, 4.69) is 15.3 Å². The van der Waals surface area contributed by atoms with Gasteiger partial charge >= 0.3 is 0 Å². The molecule has 0 saturated heterocycles. The molecule has 3 N–H and O–H groups in total. The number of nitrogens with two attached hydrogens (primary N) is 1. The molecule has 1 aromatic heterocycles. The molecule has 1 saturated carbocycles. The number of hydrogen-bond acceptors (Lipinski definition) is 5. The van der Waals surface area contributed by atoms with Crippen molar-refractivity contribution in [1.29, 1.82) is 0 Å². The molecule has 2 unspecified atom stereocenters. The van der Waals surface area contributed by atoms with E-state index in [0.717, 1.165) is 12.2 Å². The van der Waals surface area contributed by atoms with Crippen LogP contribution in [0.5, 0.6) is 5.88 Å². The van der Waals surface area contributed by atoms with Crippen LogP contribution in [-0.4, -0.2) is 28.2 Å². The number of nitrogens with zero attached hydrogens (tertiary/aromatic N) is 2. The van der Waals surface area contributed by atoms with Gasteiger partial charge in [0.05, 0.1) is 6.10 Å². The minimum absolute atomic E-state index is 0.121. The lowest BCUT2D eigenvalue weighted by atomic mass is 10.4. The van der Waals surface area contributed by atoms with Crippen LogP contribution in [0.25, 0.3) is 0 Å². The summed E-state index contributed by atoms with van der Waals surface area (Å²) in [5.41, 5.74) is 5.70. The largest absolute Gasteiger partial charge is 0.475 e. The fourth-order valence-electron chi connectivity index (χ4n) is 1.29. The molecule has 1 fully saturated rings. The van der Waals surface area contributed by atoms with Gasteiger partial charge in [-0.1, -0.05) is 0 Å². The van der Waals surface area contributed by atoms with E-state index in [1.807, 2.05) is 13.8 Å². The van der Waals surface area contributed by atoms with Gasteiger partial charge in [-0.05, 0) is 20.3 Å². The average molecular weight is 208 g/mol. The second kappa shape index (κ2) is 4.02. The Morgan fingerprint density at radius 3 is 2.87 bits per heavy atom. The van der Waals surface area contributed by atoms with E-state index in [-0.39, 0.29) is 12.1 Å². The van der Waals surface area contributed by atoms with Gasteiger partial charge in [-0.2, -0.15) is 0 Å².